The number of carbonyl (C=O) groups is 3. The van der Waals surface area contributed by atoms with E-state index in [-0.39, 0.29) is 6.54 Å². The molecule has 1 heterocycles. The van der Waals surface area contributed by atoms with Crippen LogP contribution in [0.1, 0.15) is 24.1 Å². The molecule has 4 amide bonds. The van der Waals surface area contributed by atoms with E-state index in [2.05, 4.69) is 11.8 Å². The Labute approximate surface area is 156 Å². The third-order valence-electron chi connectivity index (χ3n) is 4.07. The van der Waals surface area contributed by atoms with Gasteiger partial charge in [0.15, 0.2) is 0 Å². The Morgan fingerprint density at radius 3 is 2.27 bits per heavy atom. The van der Waals surface area contributed by atoms with Crippen molar-refractivity contribution in [2.24, 2.45) is 0 Å². The lowest BCUT2D eigenvalue weighted by atomic mass is 10.1. The Kier molecular flexibility index (Phi) is 5.06. The van der Waals surface area contributed by atoms with Crippen LogP contribution in [0.3, 0.4) is 0 Å². The van der Waals surface area contributed by atoms with Crippen LogP contribution < -0.4 is 0 Å². The Hall–Kier alpha value is -3.10. The summed E-state index contributed by atoms with van der Waals surface area (Å²) in [5.41, 5.74) is 1.48. The summed E-state index contributed by atoms with van der Waals surface area (Å²) in [6, 6.07) is 14.8. The van der Waals surface area contributed by atoms with E-state index in [0.29, 0.717) is 10.6 Å². The van der Waals surface area contributed by atoms with E-state index in [0.717, 1.165) is 15.4 Å². The first-order valence-electron chi connectivity index (χ1n) is 7.97. The van der Waals surface area contributed by atoms with E-state index < -0.39 is 23.9 Å². The molecule has 5 nitrogen and oxygen atoms in total. The topological polar surface area (TPSA) is 57.7 Å². The van der Waals surface area contributed by atoms with Crippen LogP contribution in [0.4, 0.5) is 4.79 Å². The van der Waals surface area contributed by atoms with Gasteiger partial charge >= 0.3 is 17.8 Å². The summed E-state index contributed by atoms with van der Waals surface area (Å²) >= 11 is 5.81. The molecule has 6 heteroatoms. The number of halogens is 1. The second-order valence-corrected chi connectivity index (χ2v) is 6.18. The SMILES string of the molecule is C[C@@H](c1ccccc1)N1C(=O)C(=O)N(CC#Cc2ccc(Cl)cc2)C1=O. The molecule has 0 radical (unpaired) electrons. The van der Waals surface area contributed by atoms with Crippen LogP contribution in [0.2, 0.25) is 5.02 Å². The summed E-state index contributed by atoms with van der Waals surface area (Å²) in [5.74, 6) is 3.91. The quantitative estimate of drug-likeness (QED) is 0.476. The summed E-state index contributed by atoms with van der Waals surface area (Å²) in [6.45, 7) is 1.56. The standard InChI is InChI=1S/C20H15ClN2O3/c1-14(16-7-3-2-4-8-16)23-19(25)18(24)22(20(23)26)13-5-6-15-9-11-17(21)12-10-15/h2-4,7-12,14H,13H2,1H3/t14-/m0/s1. The van der Waals surface area contributed by atoms with Crippen molar-refractivity contribution < 1.29 is 14.4 Å². The molecule has 0 N–H and O–H groups in total. The lowest BCUT2D eigenvalue weighted by Gasteiger charge is -2.21. The van der Waals surface area contributed by atoms with Gasteiger partial charge in [-0.05, 0) is 36.8 Å². The van der Waals surface area contributed by atoms with Crippen LogP contribution in [0.5, 0.6) is 0 Å². The van der Waals surface area contributed by atoms with Gasteiger partial charge in [0, 0.05) is 10.6 Å². The highest BCUT2D eigenvalue weighted by Crippen LogP contribution is 2.25. The normalized spacial score (nSPS) is 15.1. The molecule has 1 saturated heterocycles. The molecule has 2 aromatic rings. The molecule has 26 heavy (non-hydrogen) atoms. The lowest BCUT2D eigenvalue weighted by Crippen LogP contribution is -2.35. The van der Waals surface area contributed by atoms with Gasteiger partial charge in [0.1, 0.15) is 0 Å². The van der Waals surface area contributed by atoms with Crippen molar-refractivity contribution in [2.75, 3.05) is 6.54 Å². The van der Waals surface area contributed by atoms with Crippen molar-refractivity contribution in [3.8, 4) is 11.8 Å². The molecule has 1 aliphatic heterocycles. The largest absolute Gasteiger partial charge is 0.335 e. The highest BCUT2D eigenvalue weighted by atomic mass is 35.5. The van der Waals surface area contributed by atoms with E-state index in [9.17, 15) is 14.4 Å². The van der Waals surface area contributed by atoms with Gasteiger partial charge in [-0.1, -0.05) is 53.8 Å². The number of imide groups is 2. The maximum Gasteiger partial charge on any atom is 0.335 e. The lowest BCUT2D eigenvalue weighted by molar-refractivity contribution is -0.143. The van der Waals surface area contributed by atoms with Crippen LogP contribution in [-0.4, -0.2) is 34.2 Å². The molecule has 1 fully saturated rings. The fourth-order valence-corrected chi connectivity index (χ4v) is 2.76. The van der Waals surface area contributed by atoms with Crippen molar-refractivity contribution in [2.45, 2.75) is 13.0 Å². The van der Waals surface area contributed by atoms with Gasteiger partial charge in [0.2, 0.25) is 0 Å². The highest BCUT2D eigenvalue weighted by Gasteiger charge is 2.46. The molecule has 0 unspecified atom stereocenters. The molecule has 0 spiro atoms. The Morgan fingerprint density at radius 2 is 1.62 bits per heavy atom. The molecule has 1 aliphatic rings. The average Bonchev–Trinajstić information content (AvgIpc) is 2.87. The number of carbonyl (C=O) groups excluding carboxylic acids is 3. The summed E-state index contributed by atoms with van der Waals surface area (Å²) < 4.78 is 0. The van der Waals surface area contributed by atoms with E-state index in [1.54, 1.807) is 43.3 Å². The van der Waals surface area contributed by atoms with Crippen molar-refractivity contribution in [1.82, 2.24) is 9.80 Å². The minimum atomic E-state index is -0.858. The number of urea groups is 1. The summed E-state index contributed by atoms with van der Waals surface area (Å²) in [4.78, 5) is 38.8. The van der Waals surface area contributed by atoms with Gasteiger partial charge in [-0.25, -0.2) is 14.6 Å². The molecule has 0 bridgehead atoms. The van der Waals surface area contributed by atoms with E-state index in [1.807, 2.05) is 18.2 Å². The number of rotatable bonds is 3. The smallest absolute Gasteiger partial charge is 0.263 e. The molecule has 130 valence electrons. The Balaban J connectivity index is 1.76. The molecule has 1 atom stereocenters. The van der Waals surface area contributed by atoms with Gasteiger partial charge in [-0.15, -0.1) is 0 Å². The predicted molar refractivity (Wildman–Crippen MR) is 97.1 cm³/mol. The Morgan fingerprint density at radius 1 is 0.962 bits per heavy atom. The molecule has 3 rings (SSSR count). The summed E-state index contributed by atoms with van der Waals surface area (Å²) in [6.07, 6.45) is 0. The zero-order valence-corrected chi connectivity index (χ0v) is 14.7. The first kappa shape index (κ1) is 17.7. The van der Waals surface area contributed by atoms with E-state index >= 15 is 0 Å². The average molecular weight is 367 g/mol. The molecular weight excluding hydrogens is 352 g/mol. The van der Waals surface area contributed by atoms with E-state index in [4.69, 9.17) is 11.6 Å². The Bertz CT molecular complexity index is 914. The van der Waals surface area contributed by atoms with Gasteiger partial charge in [0.25, 0.3) is 0 Å². The molecule has 0 aliphatic carbocycles. The van der Waals surface area contributed by atoms with E-state index in [1.165, 1.54) is 0 Å². The second kappa shape index (κ2) is 7.42. The second-order valence-electron chi connectivity index (χ2n) is 5.74. The van der Waals surface area contributed by atoms with Crippen LogP contribution in [0.15, 0.2) is 54.6 Å². The maximum absolute atomic E-state index is 12.6. The first-order valence-corrected chi connectivity index (χ1v) is 8.35. The minimum Gasteiger partial charge on any atom is -0.263 e. The van der Waals surface area contributed by atoms with Crippen molar-refractivity contribution in [1.29, 1.82) is 0 Å². The fourth-order valence-electron chi connectivity index (χ4n) is 2.64. The molecule has 2 aromatic carbocycles. The number of hydrogen-bond donors (Lipinski definition) is 0. The van der Waals surface area contributed by atoms with Crippen molar-refractivity contribution in [3.05, 3.63) is 70.7 Å². The van der Waals surface area contributed by atoms with Crippen LogP contribution in [0.25, 0.3) is 0 Å². The van der Waals surface area contributed by atoms with Crippen molar-refractivity contribution >= 4 is 29.4 Å². The molecule has 0 aromatic heterocycles. The van der Waals surface area contributed by atoms with Gasteiger partial charge in [-0.3, -0.25) is 9.59 Å². The minimum absolute atomic E-state index is 0.149. The highest BCUT2D eigenvalue weighted by molar-refractivity contribution is 6.44. The van der Waals surface area contributed by atoms with Gasteiger partial charge in [0.05, 0.1) is 12.6 Å². The number of hydrogen-bond acceptors (Lipinski definition) is 3. The third kappa shape index (κ3) is 3.46. The van der Waals surface area contributed by atoms with Crippen LogP contribution in [-0.2, 0) is 9.59 Å². The number of amides is 4. The zero-order chi connectivity index (χ0) is 18.7. The van der Waals surface area contributed by atoms with Gasteiger partial charge < -0.3 is 0 Å². The summed E-state index contributed by atoms with van der Waals surface area (Å²) in [7, 11) is 0. The first-order chi connectivity index (χ1) is 12.5. The van der Waals surface area contributed by atoms with Crippen LogP contribution in [0, 0.1) is 11.8 Å². The predicted octanol–water partition coefficient (Wildman–Crippen LogP) is 3.24. The molecule has 0 saturated carbocycles. The fraction of sp³-hybridized carbons (Fsp3) is 0.150. The summed E-state index contributed by atoms with van der Waals surface area (Å²) in [5, 5.41) is 0.594. The van der Waals surface area contributed by atoms with Crippen molar-refractivity contribution in [3.63, 3.8) is 0 Å². The monoisotopic (exact) mass is 366 g/mol. The maximum atomic E-state index is 12.6. The third-order valence-corrected chi connectivity index (χ3v) is 4.32. The van der Waals surface area contributed by atoms with Crippen LogP contribution >= 0.6 is 11.6 Å². The van der Waals surface area contributed by atoms with Gasteiger partial charge in [-0.2, -0.15) is 0 Å². The molecular formula is C20H15ClN2O3. The zero-order valence-electron chi connectivity index (χ0n) is 14.0. The number of nitrogens with zero attached hydrogens (tertiary/aromatic N) is 2. The number of benzene rings is 2.